The minimum absolute atomic E-state index is 0.965. The van der Waals surface area contributed by atoms with Crippen LogP contribution >= 0.6 is 0 Å². The summed E-state index contributed by atoms with van der Waals surface area (Å²) < 4.78 is 12.2. The summed E-state index contributed by atoms with van der Waals surface area (Å²) in [5.74, 6) is 1.12. The van der Waals surface area contributed by atoms with Gasteiger partial charge in [0.1, 0.15) is 16.9 Å². The number of hydrogen-bond acceptors (Lipinski definition) is 2. The molecule has 0 aliphatic heterocycles. The van der Waals surface area contributed by atoms with Gasteiger partial charge < -0.3 is 8.83 Å². The molecule has 2 aromatic heterocycles. The number of hydrogen-bond donors (Lipinski definition) is 0. The Morgan fingerprint density at radius 2 is 1.03 bits per heavy atom. The molecule has 0 aliphatic carbocycles. The first-order valence-corrected chi connectivity index (χ1v) is 14.0. The van der Waals surface area contributed by atoms with Gasteiger partial charge >= 0.3 is 0 Å². The molecule has 4 aromatic carbocycles. The lowest BCUT2D eigenvalue weighted by molar-refractivity contribution is 0.517. The van der Waals surface area contributed by atoms with Gasteiger partial charge in [-0.05, 0) is 52.2 Å². The van der Waals surface area contributed by atoms with Gasteiger partial charge in [-0.3, -0.25) is 0 Å². The summed E-state index contributed by atoms with van der Waals surface area (Å²) in [5.41, 5.74) is 1.99. The lowest BCUT2D eigenvalue weighted by Gasteiger charge is -2.08. The van der Waals surface area contributed by atoms with Crippen molar-refractivity contribution in [3.05, 3.63) is 72.7 Å². The summed E-state index contributed by atoms with van der Waals surface area (Å²) in [4.78, 5) is 0. The smallest absolute Gasteiger partial charge is 0.142 e. The van der Waals surface area contributed by atoms with E-state index in [0.29, 0.717) is 0 Å². The fraction of sp³-hybridized carbons (Fsp3) is 0.353. The maximum atomic E-state index is 6.43. The minimum atomic E-state index is 0.965. The molecule has 2 heterocycles. The van der Waals surface area contributed by atoms with Crippen molar-refractivity contribution in [2.75, 3.05) is 0 Å². The molecular weight excluding hydrogens is 440 g/mol. The molecular formula is C34H36O2. The predicted octanol–water partition coefficient (Wildman–Crippen LogP) is 11.1. The topological polar surface area (TPSA) is 26.3 Å². The van der Waals surface area contributed by atoms with Gasteiger partial charge in [0.15, 0.2) is 0 Å². The van der Waals surface area contributed by atoms with Crippen molar-refractivity contribution in [1.29, 1.82) is 0 Å². The van der Waals surface area contributed by atoms with Crippen LogP contribution in [-0.2, 0) is 6.42 Å². The van der Waals surface area contributed by atoms with E-state index in [1.54, 1.807) is 6.26 Å². The summed E-state index contributed by atoms with van der Waals surface area (Å²) in [6.45, 7) is 2.28. The molecule has 0 fully saturated rings. The predicted molar refractivity (Wildman–Crippen MR) is 154 cm³/mol. The lowest BCUT2D eigenvalue weighted by atomic mass is 9.95. The first kappa shape index (κ1) is 23.2. The number of rotatable bonds is 11. The lowest BCUT2D eigenvalue weighted by Crippen LogP contribution is -1.84. The molecule has 0 unspecified atom stereocenters. The van der Waals surface area contributed by atoms with Crippen molar-refractivity contribution in [2.24, 2.45) is 0 Å². The molecule has 0 radical (unpaired) electrons. The summed E-state index contributed by atoms with van der Waals surface area (Å²) in [6, 6.07) is 22.1. The molecule has 2 nitrogen and oxygen atoms in total. The third-order valence-corrected chi connectivity index (χ3v) is 7.92. The second kappa shape index (κ2) is 10.4. The highest BCUT2D eigenvalue weighted by atomic mass is 16.3. The first-order chi connectivity index (χ1) is 17.8. The van der Waals surface area contributed by atoms with Crippen LogP contribution in [0.15, 0.2) is 75.8 Å². The van der Waals surface area contributed by atoms with Gasteiger partial charge in [-0.1, -0.05) is 101 Å². The minimum Gasteiger partial charge on any atom is -0.464 e. The number of benzene rings is 4. The van der Waals surface area contributed by atoms with Crippen molar-refractivity contribution in [1.82, 2.24) is 0 Å². The Kier molecular flexibility index (Phi) is 6.68. The van der Waals surface area contributed by atoms with Crippen molar-refractivity contribution in [3.63, 3.8) is 0 Å². The van der Waals surface area contributed by atoms with E-state index < -0.39 is 0 Å². The van der Waals surface area contributed by atoms with Gasteiger partial charge in [0, 0.05) is 28.0 Å². The molecule has 0 saturated heterocycles. The van der Waals surface area contributed by atoms with Crippen LogP contribution in [0.25, 0.3) is 54.3 Å². The zero-order valence-corrected chi connectivity index (χ0v) is 21.4. The van der Waals surface area contributed by atoms with Crippen molar-refractivity contribution in [2.45, 2.75) is 77.6 Å². The summed E-state index contributed by atoms with van der Waals surface area (Å²) in [6.07, 6.45) is 16.4. The Labute approximate surface area is 213 Å². The van der Waals surface area contributed by atoms with Crippen LogP contribution in [0.5, 0.6) is 0 Å². The maximum absolute atomic E-state index is 6.43. The maximum Gasteiger partial charge on any atom is 0.142 e. The number of fused-ring (bicyclic) bond motifs is 9. The molecule has 0 saturated carbocycles. The van der Waals surface area contributed by atoms with Gasteiger partial charge in [0.25, 0.3) is 0 Å². The molecule has 184 valence electrons. The summed E-state index contributed by atoms with van der Waals surface area (Å²) in [7, 11) is 0. The van der Waals surface area contributed by atoms with Gasteiger partial charge in [-0.25, -0.2) is 0 Å². The summed E-state index contributed by atoms with van der Waals surface area (Å²) >= 11 is 0. The van der Waals surface area contributed by atoms with E-state index in [1.807, 2.05) is 6.07 Å². The van der Waals surface area contributed by atoms with Crippen LogP contribution in [0.4, 0.5) is 0 Å². The zero-order valence-electron chi connectivity index (χ0n) is 21.4. The van der Waals surface area contributed by atoms with Crippen molar-refractivity contribution in [3.8, 4) is 0 Å². The molecule has 0 atom stereocenters. The molecule has 6 rings (SSSR count). The largest absolute Gasteiger partial charge is 0.464 e. The Balaban J connectivity index is 1.18. The van der Waals surface area contributed by atoms with E-state index in [9.17, 15) is 0 Å². The molecule has 36 heavy (non-hydrogen) atoms. The second-order valence-electron chi connectivity index (χ2n) is 10.4. The van der Waals surface area contributed by atoms with Gasteiger partial charge in [-0.15, -0.1) is 0 Å². The fourth-order valence-corrected chi connectivity index (χ4v) is 5.93. The average molecular weight is 477 g/mol. The first-order valence-electron chi connectivity index (χ1n) is 14.0. The van der Waals surface area contributed by atoms with Gasteiger partial charge in [0.05, 0.1) is 6.26 Å². The highest BCUT2D eigenvalue weighted by Gasteiger charge is 2.12. The fourth-order valence-electron chi connectivity index (χ4n) is 5.93. The quantitative estimate of drug-likeness (QED) is 0.137. The van der Waals surface area contributed by atoms with E-state index in [2.05, 4.69) is 61.5 Å². The molecule has 2 heteroatoms. The molecule has 0 amide bonds. The van der Waals surface area contributed by atoms with E-state index in [0.717, 1.165) is 28.7 Å². The number of furan rings is 2. The normalized spacial score (nSPS) is 12.1. The highest BCUT2D eigenvalue weighted by molar-refractivity contribution is 6.23. The molecule has 0 aliphatic rings. The van der Waals surface area contributed by atoms with Crippen LogP contribution in [0.2, 0.25) is 0 Å². The third kappa shape index (κ3) is 4.39. The van der Waals surface area contributed by atoms with E-state index in [-0.39, 0.29) is 0 Å². The van der Waals surface area contributed by atoms with Crippen LogP contribution in [-0.4, -0.2) is 0 Å². The van der Waals surface area contributed by atoms with Crippen LogP contribution in [0.1, 0.15) is 76.9 Å². The SMILES string of the molecule is CCCCCCCCCCCCc1cc2ccc3c4ccc5c(ccc6ccoc65)c4ccc3c2o1. The Bertz CT molecular complexity index is 1630. The van der Waals surface area contributed by atoms with Gasteiger partial charge in [-0.2, -0.15) is 0 Å². The Morgan fingerprint density at radius 1 is 0.500 bits per heavy atom. The Morgan fingerprint density at radius 3 is 1.72 bits per heavy atom. The molecule has 0 spiro atoms. The zero-order chi connectivity index (χ0) is 24.3. The molecule has 0 N–H and O–H groups in total. The van der Waals surface area contributed by atoms with Crippen LogP contribution < -0.4 is 0 Å². The third-order valence-electron chi connectivity index (χ3n) is 7.92. The summed E-state index contributed by atoms with van der Waals surface area (Å²) in [5, 5.41) is 9.74. The van der Waals surface area contributed by atoms with Crippen molar-refractivity contribution < 1.29 is 8.83 Å². The van der Waals surface area contributed by atoms with Gasteiger partial charge in [0.2, 0.25) is 0 Å². The van der Waals surface area contributed by atoms with E-state index in [1.165, 1.54) is 102 Å². The standard InChI is InChI=1S/C34H36O2/c1-2-3-4-5-6-7-8-9-10-11-12-26-23-25-14-16-30-28-17-19-31-29(15-13-24-21-22-35-33(24)31)27(28)18-20-32(30)34(25)36-26/h13-23H,2-12H2,1H3. The Hall–Kier alpha value is -3.26. The molecule has 0 bridgehead atoms. The number of unbranched alkanes of at least 4 members (excludes halogenated alkanes) is 9. The van der Waals surface area contributed by atoms with Crippen molar-refractivity contribution >= 4 is 54.3 Å². The average Bonchev–Trinajstić information content (AvgIpc) is 3.56. The second-order valence-corrected chi connectivity index (χ2v) is 10.4. The molecule has 6 aromatic rings. The van der Waals surface area contributed by atoms with Crippen LogP contribution in [0, 0.1) is 0 Å². The van der Waals surface area contributed by atoms with Crippen LogP contribution in [0.3, 0.4) is 0 Å². The number of aryl methyl sites for hydroxylation is 1. The van der Waals surface area contributed by atoms with E-state index >= 15 is 0 Å². The van der Waals surface area contributed by atoms with E-state index in [4.69, 9.17) is 8.83 Å². The monoisotopic (exact) mass is 476 g/mol. The highest BCUT2D eigenvalue weighted by Crippen LogP contribution is 2.37.